The highest BCUT2D eigenvalue weighted by molar-refractivity contribution is 5.90. The van der Waals surface area contributed by atoms with Gasteiger partial charge in [0.15, 0.2) is 5.78 Å². The summed E-state index contributed by atoms with van der Waals surface area (Å²) >= 11 is 0. The summed E-state index contributed by atoms with van der Waals surface area (Å²) in [7, 11) is 0. The second kappa shape index (κ2) is 7.20. The average Bonchev–Trinajstić information content (AvgIpc) is 2.74. The van der Waals surface area contributed by atoms with Crippen LogP contribution in [0.25, 0.3) is 0 Å². The van der Waals surface area contributed by atoms with E-state index in [-0.39, 0.29) is 34.3 Å². The van der Waals surface area contributed by atoms with E-state index in [1.54, 1.807) is 0 Å². The molecule has 1 spiro atoms. The molecule has 4 aliphatic rings. The molecule has 1 unspecified atom stereocenters. The summed E-state index contributed by atoms with van der Waals surface area (Å²) in [6.07, 6.45) is 9.75. The fraction of sp³-hybridized carbons (Fsp3) is 0.679. The molecule has 1 heterocycles. The maximum absolute atomic E-state index is 13.4. The highest BCUT2D eigenvalue weighted by atomic mass is 16.3. The summed E-state index contributed by atoms with van der Waals surface area (Å²) in [4.78, 5) is 13.4. The zero-order valence-corrected chi connectivity index (χ0v) is 19.7. The molecular formula is C28H39NO2. The number of benzene rings is 1. The van der Waals surface area contributed by atoms with E-state index >= 15 is 0 Å². The van der Waals surface area contributed by atoms with Gasteiger partial charge in [-0.25, -0.2) is 0 Å². The van der Waals surface area contributed by atoms with Crippen LogP contribution in [0.15, 0.2) is 35.9 Å². The van der Waals surface area contributed by atoms with Crippen LogP contribution in [0.4, 0.5) is 5.69 Å². The predicted octanol–water partition coefficient (Wildman–Crippen LogP) is 6.02. The Kier molecular flexibility index (Phi) is 4.93. The third kappa shape index (κ3) is 2.78. The van der Waals surface area contributed by atoms with E-state index in [0.717, 1.165) is 50.6 Å². The molecule has 0 amide bonds. The second-order valence-electron chi connectivity index (χ2n) is 11.6. The first-order valence-corrected chi connectivity index (χ1v) is 12.4. The Hall–Kier alpha value is -1.61. The van der Waals surface area contributed by atoms with Crippen molar-refractivity contribution in [1.82, 2.24) is 0 Å². The maximum Gasteiger partial charge on any atom is 0.155 e. The van der Waals surface area contributed by atoms with Gasteiger partial charge in [-0.15, -0.1) is 0 Å². The summed E-state index contributed by atoms with van der Waals surface area (Å²) in [6, 6.07) is 8.63. The molecule has 5 rings (SSSR count). The van der Waals surface area contributed by atoms with Crippen molar-refractivity contribution in [3.8, 4) is 0 Å². The summed E-state index contributed by atoms with van der Waals surface area (Å²) in [5.41, 5.74) is 3.76. The maximum atomic E-state index is 13.4. The number of para-hydroxylation sites is 1. The first-order chi connectivity index (χ1) is 14.7. The zero-order valence-electron chi connectivity index (χ0n) is 19.7. The summed E-state index contributed by atoms with van der Waals surface area (Å²) in [5, 5.41) is 15.4. The molecule has 2 bridgehead atoms. The van der Waals surface area contributed by atoms with Crippen molar-refractivity contribution in [1.29, 1.82) is 0 Å². The number of carbonyl (C=O) groups excluding carboxylic acids is 1. The molecule has 31 heavy (non-hydrogen) atoms. The predicted molar refractivity (Wildman–Crippen MR) is 126 cm³/mol. The first kappa shape index (κ1) is 21.2. The van der Waals surface area contributed by atoms with Crippen LogP contribution in [0, 0.1) is 22.7 Å². The molecule has 2 N–H and O–H groups in total. The molecule has 1 aromatic rings. The van der Waals surface area contributed by atoms with Gasteiger partial charge in [-0.2, -0.15) is 0 Å². The van der Waals surface area contributed by atoms with Crippen LogP contribution >= 0.6 is 0 Å². The standard InChI is InChI=1S/C28H39NO2/c1-18(2)8-7-13-28-24-16-23(30)22-17-27(24,20-9-5-6-10-21(20)29-22)15-14-26(28,4)19(3)11-12-25(28)31/h5-6,8-10,19,22,24-25,29,31H,7,11-17H2,1-4H3/t19-,22+,24?,25+,26+,27+,28-/m1/s1. The number of aliphatic hydroxyl groups excluding tert-OH is 1. The number of hydrogen-bond acceptors (Lipinski definition) is 3. The molecule has 3 nitrogen and oxygen atoms in total. The van der Waals surface area contributed by atoms with Gasteiger partial charge in [0, 0.05) is 22.9 Å². The van der Waals surface area contributed by atoms with Crippen molar-refractivity contribution in [3.05, 3.63) is 41.5 Å². The van der Waals surface area contributed by atoms with Gasteiger partial charge in [-0.3, -0.25) is 4.79 Å². The Labute approximate surface area is 187 Å². The molecule has 1 aliphatic heterocycles. The smallest absolute Gasteiger partial charge is 0.155 e. The highest BCUT2D eigenvalue weighted by Gasteiger charge is 2.70. The molecule has 3 saturated carbocycles. The Balaban J connectivity index is 1.71. The van der Waals surface area contributed by atoms with Crippen molar-refractivity contribution < 1.29 is 9.90 Å². The van der Waals surface area contributed by atoms with Gasteiger partial charge in [-0.05, 0) is 87.7 Å². The van der Waals surface area contributed by atoms with E-state index in [0.29, 0.717) is 18.1 Å². The van der Waals surface area contributed by atoms with Crippen LogP contribution < -0.4 is 5.32 Å². The minimum atomic E-state index is -0.326. The Morgan fingerprint density at radius 2 is 2.00 bits per heavy atom. The first-order valence-electron chi connectivity index (χ1n) is 12.4. The Morgan fingerprint density at radius 1 is 1.23 bits per heavy atom. The number of allylic oxidation sites excluding steroid dienone is 2. The summed E-state index contributed by atoms with van der Waals surface area (Å²) in [5.74, 6) is 1.14. The second-order valence-corrected chi connectivity index (χ2v) is 11.6. The summed E-state index contributed by atoms with van der Waals surface area (Å²) in [6.45, 7) is 9.19. The minimum absolute atomic E-state index is 0.00292. The lowest BCUT2D eigenvalue weighted by Crippen LogP contribution is -2.70. The molecule has 3 fully saturated rings. The normalized spacial score (nSPS) is 43.2. The number of aliphatic hydroxyl groups is 1. The van der Waals surface area contributed by atoms with Crippen molar-refractivity contribution >= 4 is 11.5 Å². The Morgan fingerprint density at radius 3 is 2.77 bits per heavy atom. The average molecular weight is 422 g/mol. The lowest BCUT2D eigenvalue weighted by molar-refractivity contribution is -0.222. The van der Waals surface area contributed by atoms with Crippen LogP contribution in [-0.2, 0) is 10.2 Å². The van der Waals surface area contributed by atoms with E-state index in [1.807, 2.05) is 0 Å². The zero-order chi connectivity index (χ0) is 22.0. The van der Waals surface area contributed by atoms with Gasteiger partial charge in [-0.1, -0.05) is 43.7 Å². The van der Waals surface area contributed by atoms with E-state index in [1.165, 1.54) is 11.1 Å². The van der Waals surface area contributed by atoms with Gasteiger partial charge < -0.3 is 10.4 Å². The van der Waals surface area contributed by atoms with Crippen LogP contribution in [-0.4, -0.2) is 23.0 Å². The lowest BCUT2D eigenvalue weighted by Gasteiger charge is -2.71. The molecule has 7 atom stereocenters. The quantitative estimate of drug-likeness (QED) is 0.587. The number of fused-ring (bicyclic) bond motifs is 4. The van der Waals surface area contributed by atoms with Gasteiger partial charge in [0.1, 0.15) is 0 Å². The van der Waals surface area contributed by atoms with Crippen molar-refractivity contribution in [2.24, 2.45) is 22.7 Å². The van der Waals surface area contributed by atoms with Gasteiger partial charge in [0.25, 0.3) is 0 Å². The molecule has 3 aliphatic carbocycles. The topological polar surface area (TPSA) is 49.3 Å². The molecule has 0 radical (unpaired) electrons. The number of nitrogens with one attached hydrogen (secondary N) is 1. The fourth-order valence-electron chi connectivity index (χ4n) is 8.55. The third-order valence-electron chi connectivity index (χ3n) is 10.3. The number of Topliss-reactive ketones (excluding diaryl/α,β-unsaturated/α-hetero) is 1. The van der Waals surface area contributed by atoms with E-state index in [2.05, 4.69) is 63.4 Å². The van der Waals surface area contributed by atoms with Gasteiger partial charge in [0.05, 0.1) is 12.1 Å². The number of hydrogen-bond donors (Lipinski definition) is 2. The summed E-state index contributed by atoms with van der Waals surface area (Å²) < 4.78 is 0. The molecule has 3 heteroatoms. The molecule has 168 valence electrons. The third-order valence-corrected chi connectivity index (χ3v) is 10.3. The van der Waals surface area contributed by atoms with Crippen LogP contribution in [0.5, 0.6) is 0 Å². The van der Waals surface area contributed by atoms with Gasteiger partial charge in [0.2, 0.25) is 0 Å². The molecule has 0 saturated heterocycles. The monoisotopic (exact) mass is 421 g/mol. The molecule has 1 aromatic carbocycles. The van der Waals surface area contributed by atoms with E-state index in [4.69, 9.17) is 0 Å². The van der Waals surface area contributed by atoms with Crippen LogP contribution in [0.1, 0.15) is 84.6 Å². The van der Waals surface area contributed by atoms with Gasteiger partial charge >= 0.3 is 0 Å². The van der Waals surface area contributed by atoms with Crippen molar-refractivity contribution in [2.75, 3.05) is 5.32 Å². The van der Waals surface area contributed by atoms with Crippen molar-refractivity contribution in [2.45, 2.75) is 96.6 Å². The van der Waals surface area contributed by atoms with E-state index < -0.39 is 0 Å². The Bertz CT molecular complexity index is 917. The SMILES string of the molecule is CC(C)=CCC[C@]12C3CC(=O)[C@@H]4C[C@@]3(CC[C@@]1(C)[C@H](C)CC[C@@H]2O)c1ccccc1N4. The molecule has 0 aromatic heterocycles. The number of rotatable bonds is 3. The minimum Gasteiger partial charge on any atom is -0.393 e. The van der Waals surface area contributed by atoms with Crippen LogP contribution in [0.3, 0.4) is 0 Å². The number of carbonyl (C=O) groups is 1. The van der Waals surface area contributed by atoms with Crippen LogP contribution in [0.2, 0.25) is 0 Å². The van der Waals surface area contributed by atoms with Crippen molar-refractivity contribution in [3.63, 3.8) is 0 Å². The molecular weight excluding hydrogens is 382 g/mol. The fourth-order valence-corrected chi connectivity index (χ4v) is 8.55. The number of ketones is 1. The van der Waals surface area contributed by atoms with E-state index in [9.17, 15) is 9.90 Å². The number of anilines is 1. The largest absolute Gasteiger partial charge is 0.393 e. The highest BCUT2D eigenvalue weighted by Crippen LogP contribution is 2.72. The lowest BCUT2D eigenvalue weighted by atomic mass is 9.34.